The average Bonchev–Trinajstić information content (AvgIpc) is 2.88. The molecule has 0 aliphatic heterocycles. The van der Waals surface area contributed by atoms with Crippen molar-refractivity contribution < 1.29 is 19.1 Å². The van der Waals surface area contributed by atoms with Crippen molar-refractivity contribution in [1.29, 1.82) is 0 Å². The molecule has 35 heavy (non-hydrogen) atoms. The van der Waals surface area contributed by atoms with Gasteiger partial charge in [-0.15, -0.1) is 0 Å². The number of halogens is 1. The summed E-state index contributed by atoms with van der Waals surface area (Å²) in [6.07, 6.45) is 6.93. The van der Waals surface area contributed by atoms with E-state index in [4.69, 9.17) is 9.47 Å². The Morgan fingerprint density at radius 1 is 1.06 bits per heavy atom. The molecule has 1 aliphatic rings. The fraction of sp³-hybridized carbons (Fsp3) is 0.500. The van der Waals surface area contributed by atoms with E-state index >= 15 is 0 Å². The first kappa shape index (κ1) is 27.1. The van der Waals surface area contributed by atoms with Crippen LogP contribution in [0, 0.1) is 0 Å². The van der Waals surface area contributed by atoms with Crippen molar-refractivity contribution in [2.24, 2.45) is 0 Å². The Labute approximate surface area is 217 Å². The summed E-state index contributed by atoms with van der Waals surface area (Å²) in [4.78, 5) is 28.4. The van der Waals surface area contributed by atoms with Gasteiger partial charge in [-0.25, -0.2) is 0 Å². The highest BCUT2D eigenvalue weighted by molar-refractivity contribution is 9.10. The van der Waals surface area contributed by atoms with Crippen LogP contribution < -0.4 is 14.8 Å². The summed E-state index contributed by atoms with van der Waals surface area (Å²) in [6, 6.07) is 13.1. The Hall–Kier alpha value is -2.54. The van der Waals surface area contributed by atoms with Crippen LogP contribution in [-0.2, 0) is 22.6 Å². The third kappa shape index (κ3) is 7.72. The van der Waals surface area contributed by atoms with Gasteiger partial charge in [-0.3, -0.25) is 9.59 Å². The molecule has 0 saturated heterocycles. The molecule has 1 atom stereocenters. The van der Waals surface area contributed by atoms with Crippen LogP contribution >= 0.6 is 15.9 Å². The second kappa shape index (κ2) is 13.5. The van der Waals surface area contributed by atoms with Crippen molar-refractivity contribution in [3.63, 3.8) is 0 Å². The van der Waals surface area contributed by atoms with Gasteiger partial charge >= 0.3 is 0 Å². The highest BCUT2D eigenvalue weighted by atomic mass is 79.9. The molecule has 1 fully saturated rings. The summed E-state index contributed by atoms with van der Waals surface area (Å²) in [5, 5.41) is 3.20. The number of carbonyl (C=O) groups is 2. The first-order valence-electron chi connectivity index (χ1n) is 12.6. The first-order chi connectivity index (χ1) is 16.9. The molecule has 7 heteroatoms. The summed E-state index contributed by atoms with van der Waals surface area (Å²) in [5.74, 6) is 1.05. The molecule has 0 unspecified atom stereocenters. The third-order valence-electron chi connectivity index (χ3n) is 6.61. The van der Waals surface area contributed by atoms with Crippen molar-refractivity contribution in [3.05, 3.63) is 58.1 Å². The molecule has 0 radical (unpaired) electrons. The highest BCUT2D eigenvalue weighted by Gasteiger charge is 2.30. The minimum Gasteiger partial charge on any atom is -0.497 e. The number of nitrogens with one attached hydrogen (secondary N) is 1. The number of ether oxygens (including phenoxy) is 2. The quantitative estimate of drug-likeness (QED) is 0.396. The summed E-state index contributed by atoms with van der Waals surface area (Å²) in [5.41, 5.74) is 2.11. The summed E-state index contributed by atoms with van der Waals surface area (Å²) in [6.45, 7) is 4.21. The lowest BCUT2D eigenvalue weighted by molar-refractivity contribution is -0.143. The van der Waals surface area contributed by atoms with Gasteiger partial charge in [0.1, 0.15) is 17.5 Å². The van der Waals surface area contributed by atoms with Crippen LogP contribution in [0.25, 0.3) is 0 Å². The zero-order valence-corrected chi connectivity index (χ0v) is 22.6. The molecule has 190 valence electrons. The SMILES string of the molecule is CCc1ccc(OCC(=O)N(Cc2ccc(OC)cc2)[C@@H](CC)C(=O)NC2CCCCC2)c(Br)c1. The first-order valence-corrected chi connectivity index (χ1v) is 13.4. The zero-order valence-electron chi connectivity index (χ0n) is 21.0. The topological polar surface area (TPSA) is 67.9 Å². The van der Waals surface area contributed by atoms with Gasteiger partial charge in [-0.05, 0) is 77.0 Å². The molecule has 1 saturated carbocycles. The lowest BCUT2D eigenvalue weighted by atomic mass is 9.95. The van der Waals surface area contributed by atoms with E-state index in [-0.39, 0.29) is 24.5 Å². The Morgan fingerprint density at radius 2 is 1.74 bits per heavy atom. The molecule has 2 aromatic rings. The van der Waals surface area contributed by atoms with Crippen molar-refractivity contribution >= 4 is 27.7 Å². The van der Waals surface area contributed by atoms with Gasteiger partial charge in [0, 0.05) is 12.6 Å². The van der Waals surface area contributed by atoms with Crippen LogP contribution in [0.5, 0.6) is 11.5 Å². The number of methoxy groups -OCH3 is 1. The summed E-state index contributed by atoms with van der Waals surface area (Å²) >= 11 is 3.54. The number of nitrogens with zero attached hydrogens (tertiary/aromatic N) is 1. The highest BCUT2D eigenvalue weighted by Crippen LogP contribution is 2.27. The standard InChI is InChI=1S/C28H37BrN2O4/c1-4-20-13-16-26(24(29)17-20)35-19-27(32)31(18-21-11-14-23(34-3)15-12-21)25(5-2)28(33)30-22-9-7-6-8-10-22/h11-17,22,25H,4-10,18-19H2,1-3H3,(H,30,33)/t25-/m0/s1. The van der Waals surface area contributed by atoms with Gasteiger partial charge in [0.05, 0.1) is 11.6 Å². The maximum atomic E-state index is 13.5. The molecular weight excluding hydrogens is 508 g/mol. The second-order valence-corrected chi connectivity index (χ2v) is 9.90. The number of hydrogen-bond acceptors (Lipinski definition) is 4. The van der Waals surface area contributed by atoms with E-state index in [9.17, 15) is 9.59 Å². The van der Waals surface area contributed by atoms with Gasteiger partial charge in [0.2, 0.25) is 5.91 Å². The number of rotatable bonds is 11. The molecule has 0 aromatic heterocycles. The zero-order chi connectivity index (χ0) is 25.2. The minimum atomic E-state index is -0.568. The predicted octanol–water partition coefficient (Wildman–Crippen LogP) is 5.66. The average molecular weight is 546 g/mol. The van der Waals surface area contributed by atoms with Gasteiger partial charge in [-0.2, -0.15) is 0 Å². The van der Waals surface area contributed by atoms with Crippen molar-refractivity contribution in [2.45, 2.75) is 77.4 Å². The largest absolute Gasteiger partial charge is 0.497 e. The fourth-order valence-electron chi connectivity index (χ4n) is 4.50. The number of aryl methyl sites for hydroxylation is 1. The Morgan fingerprint density at radius 3 is 2.34 bits per heavy atom. The Kier molecular flexibility index (Phi) is 10.5. The third-order valence-corrected chi connectivity index (χ3v) is 7.22. The van der Waals surface area contributed by atoms with Crippen LogP contribution in [0.15, 0.2) is 46.9 Å². The van der Waals surface area contributed by atoms with E-state index in [1.807, 2.05) is 49.4 Å². The Balaban J connectivity index is 1.76. The molecular formula is C28H37BrN2O4. The van der Waals surface area contributed by atoms with Gasteiger partial charge in [0.25, 0.3) is 5.91 Å². The van der Waals surface area contributed by atoms with Gasteiger partial charge < -0.3 is 19.7 Å². The predicted molar refractivity (Wildman–Crippen MR) is 142 cm³/mol. The van der Waals surface area contributed by atoms with Crippen molar-refractivity contribution in [3.8, 4) is 11.5 Å². The second-order valence-electron chi connectivity index (χ2n) is 9.04. The minimum absolute atomic E-state index is 0.0882. The maximum Gasteiger partial charge on any atom is 0.261 e. The van der Waals surface area contributed by atoms with E-state index in [1.165, 1.54) is 12.0 Å². The van der Waals surface area contributed by atoms with Crippen LogP contribution in [0.2, 0.25) is 0 Å². The van der Waals surface area contributed by atoms with Gasteiger partial charge in [0.15, 0.2) is 6.61 Å². The lowest BCUT2D eigenvalue weighted by Gasteiger charge is -2.32. The molecule has 0 heterocycles. The monoisotopic (exact) mass is 544 g/mol. The van der Waals surface area contributed by atoms with E-state index in [2.05, 4.69) is 28.2 Å². The molecule has 2 amide bonds. The number of carbonyl (C=O) groups excluding carboxylic acids is 2. The van der Waals surface area contributed by atoms with E-state index in [1.54, 1.807) is 12.0 Å². The lowest BCUT2D eigenvalue weighted by Crippen LogP contribution is -2.52. The number of hydrogen-bond donors (Lipinski definition) is 1. The van der Waals surface area contributed by atoms with Crippen LogP contribution in [-0.4, -0.2) is 42.5 Å². The molecule has 0 spiro atoms. The van der Waals surface area contributed by atoms with E-state index < -0.39 is 6.04 Å². The van der Waals surface area contributed by atoms with Crippen LogP contribution in [0.4, 0.5) is 0 Å². The molecule has 0 bridgehead atoms. The van der Waals surface area contributed by atoms with Crippen molar-refractivity contribution in [1.82, 2.24) is 10.2 Å². The molecule has 3 rings (SSSR count). The number of benzene rings is 2. The van der Waals surface area contributed by atoms with Gasteiger partial charge in [-0.1, -0.05) is 51.3 Å². The molecule has 6 nitrogen and oxygen atoms in total. The smallest absolute Gasteiger partial charge is 0.261 e. The maximum absolute atomic E-state index is 13.5. The summed E-state index contributed by atoms with van der Waals surface area (Å²) < 4.78 is 12.0. The van der Waals surface area contributed by atoms with Crippen molar-refractivity contribution in [2.75, 3.05) is 13.7 Å². The fourth-order valence-corrected chi connectivity index (χ4v) is 5.04. The van der Waals surface area contributed by atoms with E-state index in [0.717, 1.165) is 47.9 Å². The Bertz CT molecular complexity index is 973. The normalized spacial score (nSPS) is 14.7. The van der Waals surface area contributed by atoms with Crippen LogP contribution in [0.3, 0.4) is 0 Å². The van der Waals surface area contributed by atoms with E-state index in [0.29, 0.717) is 18.7 Å². The molecule has 1 aliphatic carbocycles. The molecule has 2 aromatic carbocycles. The van der Waals surface area contributed by atoms with Crippen LogP contribution in [0.1, 0.15) is 63.5 Å². The summed E-state index contributed by atoms with van der Waals surface area (Å²) in [7, 11) is 1.62. The molecule has 1 N–H and O–H groups in total. The number of amides is 2.